The van der Waals surface area contributed by atoms with E-state index < -0.39 is 0 Å². The first-order valence-corrected chi connectivity index (χ1v) is 4.48. The SMILES string of the molecule is O=C1NC2CCC/C=C\CC2O1. The van der Waals surface area contributed by atoms with Crippen LogP contribution in [-0.2, 0) is 4.74 Å². The molecule has 3 nitrogen and oxygen atoms in total. The Morgan fingerprint density at radius 1 is 1.50 bits per heavy atom. The minimum absolute atomic E-state index is 0.0778. The van der Waals surface area contributed by atoms with Crippen LogP contribution in [-0.4, -0.2) is 18.2 Å². The van der Waals surface area contributed by atoms with E-state index in [1.807, 2.05) is 0 Å². The molecule has 1 N–H and O–H groups in total. The van der Waals surface area contributed by atoms with Gasteiger partial charge in [-0.3, -0.25) is 0 Å². The van der Waals surface area contributed by atoms with Gasteiger partial charge in [-0.25, -0.2) is 4.79 Å². The smallest absolute Gasteiger partial charge is 0.407 e. The first kappa shape index (κ1) is 7.65. The van der Waals surface area contributed by atoms with Crippen LogP contribution >= 0.6 is 0 Å². The molecule has 0 aromatic heterocycles. The van der Waals surface area contributed by atoms with Crippen LogP contribution in [0.25, 0.3) is 0 Å². The molecule has 0 radical (unpaired) electrons. The average Bonchev–Trinajstić information content (AvgIpc) is 2.32. The van der Waals surface area contributed by atoms with E-state index in [2.05, 4.69) is 17.5 Å². The molecular formula is C9H13NO2. The Labute approximate surface area is 71.8 Å². The molecule has 0 spiro atoms. The first-order chi connectivity index (χ1) is 5.86. The van der Waals surface area contributed by atoms with Crippen LogP contribution in [0.5, 0.6) is 0 Å². The van der Waals surface area contributed by atoms with Gasteiger partial charge >= 0.3 is 6.09 Å². The Bertz CT molecular complexity index is 213. The van der Waals surface area contributed by atoms with Crippen molar-refractivity contribution >= 4 is 6.09 Å². The van der Waals surface area contributed by atoms with E-state index in [0.717, 1.165) is 25.7 Å². The van der Waals surface area contributed by atoms with Gasteiger partial charge in [0.05, 0.1) is 6.04 Å². The van der Waals surface area contributed by atoms with Crippen molar-refractivity contribution < 1.29 is 9.53 Å². The summed E-state index contributed by atoms with van der Waals surface area (Å²) in [5.74, 6) is 0. The predicted octanol–water partition coefficient (Wildman–Crippen LogP) is 1.59. The molecule has 1 aliphatic carbocycles. The molecule has 1 aliphatic heterocycles. The van der Waals surface area contributed by atoms with Gasteiger partial charge in [0.1, 0.15) is 6.10 Å². The molecule has 1 saturated heterocycles. The van der Waals surface area contributed by atoms with Crippen LogP contribution in [0.4, 0.5) is 4.79 Å². The lowest BCUT2D eigenvalue weighted by atomic mass is 9.99. The van der Waals surface area contributed by atoms with Gasteiger partial charge < -0.3 is 10.1 Å². The summed E-state index contributed by atoms with van der Waals surface area (Å²) < 4.78 is 5.10. The lowest BCUT2D eigenvalue weighted by Gasteiger charge is -2.16. The third-order valence-corrected chi connectivity index (χ3v) is 2.43. The van der Waals surface area contributed by atoms with Gasteiger partial charge in [-0.05, 0) is 19.3 Å². The summed E-state index contributed by atoms with van der Waals surface area (Å²) >= 11 is 0. The van der Waals surface area contributed by atoms with Gasteiger partial charge in [-0.15, -0.1) is 0 Å². The quantitative estimate of drug-likeness (QED) is 0.556. The van der Waals surface area contributed by atoms with Crippen LogP contribution < -0.4 is 5.32 Å². The highest BCUT2D eigenvalue weighted by Crippen LogP contribution is 2.20. The Morgan fingerprint density at radius 2 is 2.42 bits per heavy atom. The summed E-state index contributed by atoms with van der Waals surface area (Å²) in [6.45, 7) is 0. The average molecular weight is 167 g/mol. The number of hydrogen-bond donors (Lipinski definition) is 1. The van der Waals surface area contributed by atoms with Crippen molar-refractivity contribution in [3.8, 4) is 0 Å². The molecule has 1 fully saturated rings. The summed E-state index contributed by atoms with van der Waals surface area (Å²) in [5, 5.41) is 2.83. The number of carbonyl (C=O) groups is 1. The fourth-order valence-corrected chi connectivity index (χ4v) is 1.77. The zero-order chi connectivity index (χ0) is 8.39. The summed E-state index contributed by atoms with van der Waals surface area (Å²) in [4.78, 5) is 10.9. The lowest BCUT2D eigenvalue weighted by molar-refractivity contribution is 0.131. The summed E-state index contributed by atoms with van der Waals surface area (Å²) in [7, 11) is 0. The molecule has 1 heterocycles. The molecule has 1 amide bonds. The van der Waals surface area contributed by atoms with Crippen molar-refractivity contribution in [1.82, 2.24) is 5.32 Å². The number of nitrogens with one attached hydrogen (secondary N) is 1. The van der Waals surface area contributed by atoms with Crippen molar-refractivity contribution in [3.05, 3.63) is 12.2 Å². The number of rotatable bonds is 0. The van der Waals surface area contributed by atoms with Crippen molar-refractivity contribution in [2.45, 2.75) is 37.8 Å². The van der Waals surface area contributed by atoms with Crippen LogP contribution in [0.3, 0.4) is 0 Å². The van der Waals surface area contributed by atoms with Crippen molar-refractivity contribution in [1.29, 1.82) is 0 Å². The normalized spacial score (nSPS) is 37.2. The van der Waals surface area contributed by atoms with Gasteiger partial charge in [0, 0.05) is 6.42 Å². The molecule has 2 rings (SSSR count). The maximum absolute atomic E-state index is 10.9. The second-order valence-electron chi connectivity index (χ2n) is 3.33. The van der Waals surface area contributed by atoms with Crippen LogP contribution in [0.15, 0.2) is 12.2 Å². The third kappa shape index (κ3) is 1.44. The second kappa shape index (κ2) is 3.17. The van der Waals surface area contributed by atoms with E-state index in [1.165, 1.54) is 0 Å². The van der Waals surface area contributed by atoms with E-state index in [0.29, 0.717) is 0 Å². The Morgan fingerprint density at radius 3 is 3.33 bits per heavy atom. The summed E-state index contributed by atoms with van der Waals surface area (Å²) in [6.07, 6.45) is 8.28. The van der Waals surface area contributed by atoms with E-state index >= 15 is 0 Å². The lowest BCUT2D eigenvalue weighted by Crippen LogP contribution is -2.31. The van der Waals surface area contributed by atoms with Gasteiger partial charge in [0.25, 0.3) is 0 Å². The first-order valence-electron chi connectivity index (χ1n) is 4.48. The minimum Gasteiger partial charge on any atom is -0.444 e. The van der Waals surface area contributed by atoms with Gasteiger partial charge in [0.2, 0.25) is 0 Å². The van der Waals surface area contributed by atoms with Gasteiger partial charge in [-0.1, -0.05) is 12.2 Å². The zero-order valence-electron chi connectivity index (χ0n) is 6.95. The molecule has 0 saturated carbocycles. The van der Waals surface area contributed by atoms with Crippen molar-refractivity contribution in [3.63, 3.8) is 0 Å². The highest BCUT2D eigenvalue weighted by molar-refractivity contribution is 5.70. The van der Waals surface area contributed by atoms with Crippen molar-refractivity contribution in [2.24, 2.45) is 0 Å². The second-order valence-corrected chi connectivity index (χ2v) is 3.33. The number of ether oxygens (including phenoxy) is 1. The Balaban J connectivity index is 2.04. The molecule has 2 unspecified atom stereocenters. The Hall–Kier alpha value is -0.990. The predicted molar refractivity (Wildman–Crippen MR) is 44.8 cm³/mol. The number of amides is 1. The maximum atomic E-state index is 10.9. The largest absolute Gasteiger partial charge is 0.444 e. The molecule has 0 aromatic carbocycles. The maximum Gasteiger partial charge on any atom is 0.407 e. The topological polar surface area (TPSA) is 38.3 Å². The molecule has 66 valence electrons. The number of allylic oxidation sites excluding steroid dienone is 1. The number of hydrogen-bond acceptors (Lipinski definition) is 2. The fourth-order valence-electron chi connectivity index (χ4n) is 1.77. The molecular weight excluding hydrogens is 154 g/mol. The van der Waals surface area contributed by atoms with Crippen molar-refractivity contribution in [2.75, 3.05) is 0 Å². The van der Waals surface area contributed by atoms with Crippen LogP contribution in [0.1, 0.15) is 25.7 Å². The zero-order valence-corrected chi connectivity index (χ0v) is 6.95. The monoisotopic (exact) mass is 167 g/mol. The molecule has 12 heavy (non-hydrogen) atoms. The fraction of sp³-hybridized carbons (Fsp3) is 0.667. The van der Waals surface area contributed by atoms with E-state index in [1.54, 1.807) is 0 Å². The number of carbonyl (C=O) groups excluding carboxylic acids is 1. The molecule has 0 bridgehead atoms. The van der Waals surface area contributed by atoms with Gasteiger partial charge in [-0.2, -0.15) is 0 Å². The highest BCUT2D eigenvalue weighted by Gasteiger charge is 2.32. The number of fused-ring (bicyclic) bond motifs is 1. The standard InChI is InChI=1S/C9H13NO2/c11-9-10-7-5-3-1-2-4-6-8(7)12-9/h2,4,7-8H,1,3,5-6H2,(H,10,11)/b4-2-. The Kier molecular flexibility index (Phi) is 2.02. The van der Waals surface area contributed by atoms with E-state index in [-0.39, 0.29) is 18.2 Å². The summed E-state index contributed by atoms with van der Waals surface area (Å²) in [6, 6.07) is 0.252. The van der Waals surface area contributed by atoms with E-state index in [9.17, 15) is 4.79 Å². The molecule has 0 aromatic rings. The molecule has 2 atom stereocenters. The molecule has 3 heteroatoms. The van der Waals surface area contributed by atoms with Gasteiger partial charge in [0.15, 0.2) is 0 Å². The van der Waals surface area contributed by atoms with Crippen LogP contribution in [0, 0.1) is 0 Å². The summed E-state index contributed by atoms with van der Waals surface area (Å²) in [5.41, 5.74) is 0. The van der Waals surface area contributed by atoms with E-state index in [4.69, 9.17) is 4.74 Å². The minimum atomic E-state index is -0.250. The highest BCUT2D eigenvalue weighted by atomic mass is 16.6. The third-order valence-electron chi connectivity index (χ3n) is 2.43. The number of alkyl carbamates (subject to hydrolysis) is 1. The molecule has 2 aliphatic rings. The van der Waals surface area contributed by atoms with Crippen LogP contribution in [0.2, 0.25) is 0 Å².